The van der Waals surface area contributed by atoms with Gasteiger partial charge in [0, 0.05) is 0 Å². The van der Waals surface area contributed by atoms with Gasteiger partial charge in [0.15, 0.2) is 6.61 Å². The average Bonchev–Trinajstić information content (AvgIpc) is 3.24. The molecule has 2 saturated carbocycles. The van der Waals surface area contributed by atoms with Crippen LogP contribution in [-0.2, 0) is 25.7 Å². The van der Waals surface area contributed by atoms with Gasteiger partial charge in [0.2, 0.25) is 0 Å². The lowest BCUT2D eigenvalue weighted by atomic mass is 9.72. The number of rotatable bonds is 15. The van der Waals surface area contributed by atoms with Gasteiger partial charge in [-0.25, -0.2) is 0 Å². The summed E-state index contributed by atoms with van der Waals surface area (Å²) in [5.74, 6) is 0.354. The van der Waals surface area contributed by atoms with Crippen molar-refractivity contribution in [3.8, 4) is 0 Å². The molecule has 3 N–H and O–H groups in total. The third-order valence-corrected chi connectivity index (χ3v) is 8.06. The van der Waals surface area contributed by atoms with Gasteiger partial charge >= 0.3 is 5.97 Å². The van der Waals surface area contributed by atoms with Gasteiger partial charge in [0.1, 0.15) is 18.9 Å². The zero-order valence-corrected chi connectivity index (χ0v) is 23.3. The molecule has 0 aromatic heterocycles. The second-order valence-electron chi connectivity index (χ2n) is 10.9. The second-order valence-corrected chi connectivity index (χ2v) is 10.9. The Morgan fingerprint density at radius 3 is 2.64 bits per heavy atom. The van der Waals surface area contributed by atoms with E-state index in [-0.39, 0.29) is 37.9 Å². The number of aliphatic hydroxyl groups excluding tert-OH is 2. The first kappa shape index (κ1) is 30.6. The summed E-state index contributed by atoms with van der Waals surface area (Å²) < 4.78 is 11.0. The van der Waals surface area contributed by atoms with Crippen LogP contribution in [0, 0.1) is 17.8 Å². The molecule has 1 aromatic carbocycles. The lowest BCUT2D eigenvalue weighted by molar-refractivity contribution is -0.145. The number of allylic oxidation sites excluding steroid dienone is 3. The molecule has 0 unspecified atom stereocenters. The van der Waals surface area contributed by atoms with Crippen LogP contribution < -0.4 is 5.32 Å². The van der Waals surface area contributed by atoms with Crippen LogP contribution in [0.2, 0.25) is 0 Å². The number of aliphatic hydroxyl groups is 2. The molecule has 0 aliphatic heterocycles. The van der Waals surface area contributed by atoms with Crippen molar-refractivity contribution in [3.63, 3.8) is 0 Å². The number of nitrogens with one attached hydrogen (secondary N) is 1. The van der Waals surface area contributed by atoms with Gasteiger partial charge in [-0.1, -0.05) is 69.7 Å². The number of amides is 1. The Bertz CT molecular complexity index is 1000. The Kier molecular flexibility index (Phi) is 12.3. The third kappa shape index (κ3) is 9.36. The van der Waals surface area contributed by atoms with Crippen LogP contribution in [0.15, 0.2) is 66.5 Å². The SMILES string of the molecule is C=C/C(OCC(=O)NCC(=O)OCc1ccccc1)=C1/C[C@H]2C[C@@H](O)[C@H](CC[C@@H](O)CCCCC)[C@H]2CC1=C. The summed E-state index contributed by atoms with van der Waals surface area (Å²) in [6.45, 7) is 9.97. The molecule has 7 heteroatoms. The predicted molar refractivity (Wildman–Crippen MR) is 151 cm³/mol. The van der Waals surface area contributed by atoms with E-state index in [2.05, 4.69) is 25.4 Å². The largest absolute Gasteiger partial charge is 0.484 e. The molecule has 5 atom stereocenters. The maximum Gasteiger partial charge on any atom is 0.325 e. The van der Waals surface area contributed by atoms with E-state index in [1.165, 1.54) is 0 Å². The van der Waals surface area contributed by atoms with E-state index in [4.69, 9.17) is 9.47 Å². The number of esters is 1. The van der Waals surface area contributed by atoms with Crippen molar-refractivity contribution in [2.45, 2.75) is 83.5 Å². The Morgan fingerprint density at radius 2 is 1.92 bits per heavy atom. The molecule has 39 heavy (non-hydrogen) atoms. The van der Waals surface area contributed by atoms with Gasteiger partial charge in [0.25, 0.3) is 5.91 Å². The van der Waals surface area contributed by atoms with Crippen molar-refractivity contribution in [3.05, 3.63) is 72.0 Å². The molecule has 2 aliphatic carbocycles. The van der Waals surface area contributed by atoms with Crippen LogP contribution in [0.5, 0.6) is 0 Å². The molecule has 1 amide bonds. The number of fused-ring (bicyclic) bond motifs is 1. The monoisotopic (exact) mass is 539 g/mol. The summed E-state index contributed by atoms with van der Waals surface area (Å²) in [4.78, 5) is 24.3. The maximum atomic E-state index is 12.3. The number of benzene rings is 1. The van der Waals surface area contributed by atoms with Crippen LogP contribution in [0.1, 0.15) is 70.3 Å². The van der Waals surface area contributed by atoms with Crippen molar-refractivity contribution in [1.82, 2.24) is 5.32 Å². The fourth-order valence-corrected chi connectivity index (χ4v) is 5.93. The molecule has 2 fully saturated rings. The van der Waals surface area contributed by atoms with Crippen molar-refractivity contribution < 1.29 is 29.3 Å². The van der Waals surface area contributed by atoms with Gasteiger partial charge < -0.3 is 25.0 Å². The topological polar surface area (TPSA) is 105 Å². The molecule has 1 aromatic rings. The van der Waals surface area contributed by atoms with Crippen molar-refractivity contribution in [2.75, 3.05) is 13.2 Å². The summed E-state index contributed by atoms with van der Waals surface area (Å²) in [7, 11) is 0. The van der Waals surface area contributed by atoms with Crippen LogP contribution in [0.25, 0.3) is 0 Å². The Hall–Kier alpha value is -2.90. The summed E-state index contributed by atoms with van der Waals surface area (Å²) in [6.07, 6.45) is 8.79. The van der Waals surface area contributed by atoms with Gasteiger partial charge in [-0.2, -0.15) is 0 Å². The number of unbranched alkanes of at least 4 members (excludes halogenated alkanes) is 2. The molecule has 7 nitrogen and oxygen atoms in total. The first-order valence-corrected chi connectivity index (χ1v) is 14.3. The van der Waals surface area contributed by atoms with Crippen molar-refractivity contribution in [2.24, 2.45) is 17.8 Å². The van der Waals surface area contributed by atoms with Crippen molar-refractivity contribution >= 4 is 11.9 Å². The van der Waals surface area contributed by atoms with Crippen molar-refractivity contribution in [1.29, 1.82) is 0 Å². The highest BCUT2D eigenvalue weighted by Gasteiger charge is 2.45. The van der Waals surface area contributed by atoms with Gasteiger partial charge in [-0.05, 0) is 79.1 Å². The summed E-state index contributed by atoms with van der Waals surface area (Å²) in [5.41, 5.74) is 2.76. The Morgan fingerprint density at radius 1 is 1.15 bits per heavy atom. The zero-order valence-electron chi connectivity index (χ0n) is 23.3. The molecule has 0 radical (unpaired) electrons. The van der Waals surface area contributed by atoms with Gasteiger partial charge in [0.05, 0.1) is 12.2 Å². The minimum absolute atomic E-state index is 0.151. The highest BCUT2D eigenvalue weighted by Crippen LogP contribution is 2.51. The molecule has 0 heterocycles. The molecule has 0 bridgehead atoms. The summed E-state index contributed by atoms with van der Waals surface area (Å²) in [5, 5.41) is 23.7. The van der Waals surface area contributed by atoms with E-state index in [9.17, 15) is 19.8 Å². The lowest BCUT2D eigenvalue weighted by Crippen LogP contribution is -2.33. The molecular weight excluding hydrogens is 494 g/mol. The third-order valence-electron chi connectivity index (χ3n) is 8.06. The van der Waals surface area contributed by atoms with E-state index in [0.717, 1.165) is 61.7 Å². The minimum atomic E-state index is -0.524. The summed E-state index contributed by atoms with van der Waals surface area (Å²) in [6, 6.07) is 9.33. The molecule has 214 valence electrons. The van der Waals surface area contributed by atoms with E-state index >= 15 is 0 Å². The van der Waals surface area contributed by atoms with Gasteiger partial charge in [-0.15, -0.1) is 0 Å². The van der Waals surface area contributed by atoms with Crippen LogP contribution in [0.3, 0.4) is 0 Å². The lowest BCUT2D eigenvalue weighted by Gasteiger charge is -2.33. The van der Waals surface area contributed by atoms with E-state index in [1.807, 2.05) is 30.3 Å². The predicted octanol–water partition coefficient (Wildman–Crippen LogP) is 4.99. The molecule has 3 rings (SSSR count). The average molecular weight is 540 g/mol. The molecule has 2 aliphatic rings. The highest BCUT2D eigenvalue weighted by molar-refractivity contribution is 5.82. The standard InChI is InChI=1S/C32H45NO6/c1-4-6-8-13-25(34)14-15-26-28-16-22(3)27(17-24(28)18-29(26)35)30(5-2)38-21-31(36)33-19-32(37)39-20-23-11-9-7-10-12-23/h5,7,9-12,24-26,28-29,34-35H,2-4,6,8,13-21H2,1H3,(H,33,36)/b30-27+/t24-,25-,26+,28-,29+/m0/s1. The molecule has 0 spiro atoms. The fraction of sp³-hybridized carbons (Fsp3) is 0.562. The number of carbonyl (C=O) groups is 2. The van der Waals surface area contributed by atoms with E-state index in [1.54, 1.807) is 6.08 Å². The maximum absolute atomic E-state index is 12.3. The zero-order chi connectivity index (χ0) is 28.2. The number of hydrogen-bond acceptors (Lipinski definition) is 6. The first-order chi connectivity index (χ1) is 18.8. The van der Waals surface area contributed by atoms with Gasteiger partial charge in [-0.3, -0.25) is 9.59 Å². The van der Waals surface area contributed by atoms with E-state index in [0.29, 0.717) is 30.4 Å². The Labute approximate surface area is 233 Å². The van der Waals surface area contributed by atoms with Crippen LogP contribution in [-0.4, -0.2) is 47.4 Å². The number of ether oxygens (including phenoxy) is 2. The molecule has 0 saturated heterocycles. The minimum Gasteiger partial charge on any atom is -0.484 e. The summed E-state index contributed by atoms with van der Waals surface area (Å²) >= 11 is 0. The normalized spacial score (nSPS) is 24.4. The van der Waals surface area contributed by atoms with Crippen LogP contribution in [0.4, 0.5) is 0 Å². The van der Waals surface area contributed by atoms with Crippen LogP contribution >= 0.6 is 0 Å². The smallest absolute Gasteiger partial charge is 0.325 e. The Balaban J connectivity index is 1.46. The molecular formula is C32H45NO6. The number of hydrogen-bond donors (Lipinski definition) is 3. The fourth-order valence-electron chi connectivity index (χ4n) is 5.93. The second kappa shape index (κ2) is 15.6. The highest BCUT2D eigenvalue weighted by atomic mass is 16.5. The first-order valence-electron chi connectivity index (χ1n) is 14.3. The van der Waals surface area contributed by atoms with E-state index < -0.39 is 11.9 Å². The quantitative estimate of drug-likeness (QED) is 0.165. The number of carbonyl (C=O) groups excluding carboxylic acids is 2.